The van der Waals surface area contributed by atoms with Gasteiger partial charge in [-0.1, -0.05) is 30.3 Å². The average Bonchev–Trinajstić information content (AvgIpc) is 2.68. The lowest BCUT2D eigenvalue weighted by molar-refractivity contribution is 0.287. The van der Waals surface area contributed by atoms with Crippen LogP contribution < -0.4 is 15.3 Å². The fourth-order valence-electron chi connectivity index (χ4n) is 3.51. The fraction of sp³-hybridized carbons (Fsp3) is 0.0952. The van der Waals surface area contributed by atoms with Crippen molar-refractivity contribution in [2.45, 2.75) is 6.54 Å². The maximum absolute atomic E-state index is 14.2. The summed E-state index contributed by atoms with van der Waals surface area (Å²) in [5.41, 5.74) is 1.31. The van der Waals surface area contributed by atoms with Crippen LogP contribution in [0.4, 0.5) is 10.1 Å². The maximum atomic E-state index is 14.2. The fourth-order valence-corrected chi connectivity index (χ4v) is 3.51. The Balaban J connectivity index is 1.73. The second-order valence-corrected chi connectivity index (χ2v) is 6.28. The van der Waals surface area contributed by atoms with Crippen molar-refractivity contribution in [1.29, 1.82) is 0 Å². The minimum atomic E-state index is -0.385. The van der Waals surface area contributed by atoms with Gasteiger partial charge in [-0.3, -0.25) is 0 Å². The Hall–Kier alpha value is -3.34. The zero-order valence-electron chi connectivity index (χ0n) is 13.7. The van der Waals surface area contributed by atoms with E-state index in [1.807, 2.05) is 30.3 Å². The van der Waals surface area contributed by atoms with Crippen LogP contribution in [0.5, 0.6) is 5.75 Å². The third kappa shape index (κ3) is 2.17. The van der Waals surface area contributed by atoms with E-state index in [2.05, 4.69) is 0 Å². The molecule has 1 aliphatic heterocycles. The van der Waals surface area contributed by atoms with Crippen LogP contribution in [0.15, 0.2) is 69.9 Å². The molecule has 0 amide bonds. The van der Waals surface area contributed by atoms with E-state index in [1.54, 1.807) is 29.2 Å². The Labute approximate surface area is 148 Å². The number of hydrogen-bond donors (Lipinski definition) is 0. The largest absolute Gasteiger partial charge is 0.473 e. The van der Waals surface area contributed by atoms with Gasteiger partial charge >= 0.3 is 5.63 Å². The highest BCUT2D eigenvalue weighted by atomic mass is 19.1. The van der Waals surface area contributed by atoms with Crippen LogP contribution in [0.25, 0.3) is 21.7 Å². The monoisotopic (exact) mass is 347 g/mol. The molecule has 4 nitrogen and oxygen atoms in total. The number of ether oxygens (including phenoxy) is 1. The first-order valence-electron chi connectivity index (χ1n) is 8.32. The smallest absolute Gasteiger partial charge is 0.344 e. The van der Waals surface area contributed by atoms with Crippen LogP contribution in [0.1, 0.15) is 5.56 Å². The van der Waals surface area contributed by atoms with E-state index in [9.17, 15) is 9.18 Å². The predicted octanol–water partition coefficient (Wildman–Crippen LogP) is 4.44. The van der Waals surface area contributed by atoms with E-state index in [0.29, 0.717) is 29.0 Å². The summed E-state index contributed by atoms with van der Waals surface area (Å²) in [4.78, 5) is 14.2. The van der Waals surface area contributed by atoms with Crippen molar-refractivity contribution >= 4 is 27.4 Å². The number of rotatable bonds is 1. The van der Waals surface area contributed by atoms with Gasteiger partial charge in [0.05, 0.1) is 23.2 Å². The summed E-state index contributed by atoms with van der Waals surface area (Å²) in [5, 5.41) is 2.23. The van der Waals surface area contributed by atoms with E-state index in [4.69, 9.17) is 9.15 Å². The molecule has 0 unspecified atom stereocenters. The number of anilines is 1. The average molecular weight is 347 g/mol. The van der Waals surface area contributed by atoms with E-state index >= 15 is 0 Å². The van der Waals surface area contributed by atoms with Crippen molar-refractivity contribution in [3.8, 4) is 5.75 Å². The molecule has 3 aromatic carbocycles. The second-order valence-electron chi connectivity index (χ2n) is 6.28. The summed E-state index contributed by atoms with van der Waals surface area (Å²) in [6.45, 7) is 0.631. The molecule has 0 N–H and O–H groups in total. The molecule has 26 heavy (non-hydrogen) atoms. The Kier molecular flexibility index (Phi) is 3.22. The van der Waals surface area contributed by atoms with Gasteiger partial charge in [-0.05, 0) is 35.7 Å². The Bertz CT molecular complexity index is 1210. The molecule has 5 heteroatoms. The molecule has 5 rings (SSSR count). The molecule has 0 bridgehead atoms. The van der Waals surface area contributed by atoms with E-state index in [0.717, 1.165) is 16.3 Å². The zero-order chi connectivity index (χ0) is 17.7. The summed E-state index contributed by atoms with van der Waals surface area (Å²) < 4.78 is 25.6. The minimum absolute atomic E-state index is 0.233. The maximum Gasteiger partial charge on any atom is 0.344 e. The van der Waals surface area contributed by atoms with Crippen LogP contribution in [-0.2, 0) is 6.54 Å². The van der Waals surface area contributed by atoms with Crippen LogP contribution in [-0.4, -0.2) is 6.73 Å². The van der Waals surface area contributed by atoms with Gasteiger partial charge in [0.2, 0.25) is 0 Å². The lowest BCUT2D eigenvalue weighted by Gasteiger charge is -2.31. The topological polar surface area (TPSA) is 42.7 Å². The molecule has 0 atom stereocenters. The Morgan fingerprint density at radius 1 is 0.885 bits per heavy atom. The van der Waals surface area contributed by atoms with Crippen molar-refractivity contribution in [3.05, 3.63) is 82.5 Å². The normalized spacial score (nSPS) is 13.7. The van der Waals surface area contributed by atoms with Crippen molar-refractivity contribution in [3.63, 3.8) is 0 Å². The van der Waals surface area contributed by atoms with Gasteiger partial charge in [0.1, 0.15) is 17.1 Å². The number of benzene rings is 3. The molecule has 0 fully saturated rings. The van der Waals surface area contributed by atoms with Crippen molar-refractivity contribution in [2.75, 3.05) is 11.6 Å². The quantitative estimate of drug-likeness (QED) is 0.377. The highest BCUT2D eigenvalue weighted by Gasteiger charge is 2.24. The van der Waals surface area contributed by atoms with Crippen LogP contribution in [0, 0.1) is 5.82 Å². The molecule has 0 aliphatic carbocycles. The highest BCUT2D eigenvalue weighted by Crippen LogP contribution is 2.36. The van der Waals surface area contributed by atoms with Crippen molar-refractivity contribution in [1.82, 2.24) is 0 Å². The van der Waals surface area contributed by atoms with E-state index < -0.39 is 0 Å². The van der Waals surface area contributed by atoms with Gasteiger partial charge in [0, 0.05) is 5.39 Å². The SMILES string of the molecule is O=c1oc2c3c(ccc2c2ccccc12)OCN(c1ccccc1F)C3. The molecular formula is C21H14FNO3. The summed E-state index contributed by atoms with van der Waals surface area (Å²) in [7, 11) is 0. The lowest BCUT2D eigenvalue weighted by atomic mass is 10.0. The van der Waals surface area contributed by atoms with Crippen LogP contribution >= 0.6 is 0 Å². The minimum Gasteiger partial charge on any atom is -0.473 e. The number of halogens is 1. The Morgan fingerprint density at radius 3 is 2.50 bits per heavy atom. The summed E-state index contributed by atoms with van der Waals surface area (Å²) in [6, 6.07) is 17.7. The zero-order valence-corrected chi connectivity index (χ0v) is 13.7. The third-order valence-corrected chi connectivity index (χ3v) is 4.77. The first-order chi connectivity index (χ1) is 12.7. The lowest BCUT2D eigenvalue weighted by Crippen LogP contribution is -2.32. The molecule has 0 radical (unpaired) electrons. The molecule has 1 aromatic heterocycles. The van der Waals surface area contributed by atoms with Crippen molar-refractivity contribution in [2.24, 2.45) is 0 Å². The van der Waals surface area contributed by atoms with Gasteiger partial charge < -0.3 is 14.1 Å². The van der Waals surface area contributed by atoms with E-state index in [1.165, 1.54) is 6.07 Å². The number of nitrogens with zero attached hydrogens (tertiary/aromatic N) is 1. The summed E-state index contributed by atoms with van der Waals surface area (Å²) in [6.07, 6.45) is 0. The molecule has 4 aromatic rings. The van der Waals surface area contributed by atoms with Gasteiger partial charge in [0.25, 0.3) is 0 Å². The number of hydrogen-bond acceptors (Lipinski definition) is 4. The standard InChI is InChI=1S/C21H14FNO3/c22-17-7-3-4-8-18(17)23-11-16-19(25-12-23)10-9-14-13-5-1-2-6-15(13)21(24)26-20(14)16/h1-10H,11-12H2. The highest BCUT2D eigenvalue weighted by molar-refractivity contribution is 6.05. The molecule has 128 valence electrons. The van der Waals surface area contributed by atoms with Crippen LogP contribution in [0.3, 0.4) is 0 Å². The van der Waals surface area contributed by atoms with Gasteiger partial charge in [-0.2, -0.15) is 0 Å². The predicted molar refractivity (Wildman–Crippen MR) is 98.1 cm³/mol. The molecule has 1 aliphatic rings. The first kappa shape index (κ1) is 15.0. The first-order valence-corrected chi connectivity index (χ1v) is 8.32. The van der Waals surface area contributed by atoms with Gasteiger partial charge in [-0.25, -0.2) is 9.18 Å². The molecular weight excluding hydrogens is 333 g/mol. The van der Waals surface area contributed by atoms with Crippen molar-refractivity contribution < 1.29 is 13.5 Å². The Morgan fingerprint density at radius 2 is 1.65 bits per heavy atom. The summed E-state index contributed by atoms with van der Waals surface area (Å²) >= 11 is 0. The molecule has 0 saturated carbocycles. The molecule has 0 saturated heterocycles. The number of fused-ring (bicyclic) bond motifs is 5. The van der Waals surface area contributed by atoms with Crippen LogP contribution in [0.2, 0.25) is 0 Å². The molecule has 2 heterocycles. The summed E-state index contributed by atoms with van der Waals surface area (Å²) in [5.74, 6) is 0.343. The third-order valence-electron chi connectivity index (χ3n) is 4.77. The van der Waals surface area contributed by atoms with E-state index in [-0.39, 0.29) is 18.2 Å². The number of para-hydroxylation sites is 1. The second kappa shape index (κ2) is 5.59. The molecule has 0 spiro atoms. The van der Waals surface area contributed by atoms with Gasteiger partial charge in [-0.15, -0.1) is 0 Å². The van der Waals surface area contributed by atoms with Gasteiger partial charge in [0.15, 0.2) is 6.73 Å².